The molecule has 0 atom stereocenters. The lowest BCUT2D eigenvalue weighted by molar-refractivity contribution is -0.106. The molecule has 1 spiro atoms. The van der Waals surface area contributed by atoms with Crippen LogP contribution in [-0.2, 0) is 4.74 Å². The fourth-order valence-electron chi connectivity index (χ4n) is 5.08. The number of benzene rings is 1. The minimum absolute atomic E-state index is 0.0782. The van der Waals surface area contributed by atoms with Crippen LogP contribution < -0.4 is 0 Å². The number of carbonyl (C=O) groups excluding carboxylic acids is 2. The number of amides is 2. The number of nitrogens with zero attached hydrogens (tertiary/aromatic N) is 3. The second-order valence-electron chi connectivity index (χ2n) is 10.8. The Labute approximate surface area is 196 Å². The van der Waals surface area contributed by atoms with Gasteiger partial charge in [-0.15, -0.1) is 0 Å². The highest BCUT2D eigenvalue weighted by molar-refractivity contribution is 6.34. The summed E-state index contributed by atoms with van der Waals surface area (Å²) in [6.07, 6.45) is 5.39. The van der Waals surface area contributed by atoms with Crippen molar-refractivity contribution >= 4 is 29.2 Å². The van der Waals surface area contributed by atoms with Crippen molar-refractivity contribution in [1.82, 2.24) is 14.7 Å². The van der Waals surface area contributed by atoms with E-state index in [0.29, 0.717) is 22.0 Å². The smallest absolute Gasteiger partial charge is 0.410 e. The van der Waals surface area contributed by atoms with Gasteiger partial charge in [0.2, 0.25) is 0 Å². The van der Waals surface area contributed by atoms with Crippen LogP contribution in [0.4, 0.5) is 4.79 Å². The lowest BCUT2D eigenvalue weighted by Gasteiger charge is -2.60. The molecular formula is C25H34ClN3O3. The average Bonchev–Trinajstić information content (AvgIpc) is 2.64. The Kier molecular flexibility index (Phi) is 6.05. The number of ether oxygens (including phenoxy) is 1. The van der Waals surface area contributed by atoms with E-state index in [0.717, 1.165) is 51.0 Å². The summed E-state index contributed by atoms with van der Waals surface area (Å²) >= 11 is 6.40. The SMILES string of the molecule is CN(C)C(=O)c1ccc(C2=CCN(C3CC4(C3)CN(C(=O)OC(C)(C)C)C4)CC2)cc1Cl. The van der Waals surface area contributed by atoms with Crippen molar-refractivity contribution in [2.24, 2.45) is 5.41 Å². The van der Waals surface area contributed by atoms with E-state index < -0.39 is 5.60 Å². The molecule has 1 aliphatic carbocycles. The molecule has 0 N–H and O–H groups in total. The minimum Gasteiger partial charge on any atom is -0.444 e. The first kappa shape index (κ1) is 23.1. The molecule has 6 nitrogen and oxygen atoms in total. The maximum atomic E-state index is 12.2. The largest absolute Gasteiger partial charge is 0.444 e. The van der Waals surface area contributed by atoms with Crippen LogP contribution >= 0.6 is 11.6 Å². The second-order valence-corrected chi connectivity index (χ2v) is 11.2. The maximum absolute atomic E-state index is 12.2. The van der Waals surface area contributed by atoms with E-state index in [4.69, 9.17) is 16.3 Å². The molecule has 2 fully saturated rings. The Bertz CT molecular complexity index is 936. The van der Waals surface area contributed by atoms with Crippen LogP contribution in [-0.4, -0.2) is 78.6 Å². The Morgan fingerprint density at radius 2 is 1.88 bits per heavy atom. The summed E-state index contributed by atoms with van der Waals surface area (Å²) < 4.78 is 5.48. The molecule has 2 heterocycles. The summed E-state index contributed by atoms with van der Waals surface area (Å²) in [5, 5.41) is 0.505. The molecule has 2 amide bonds. The summed E-state index contributed by atoms with van der Waals surface area (Å²) in [7, 11) is 3.46. The van der Waals surface area contributed by atoms with E-state index in [1.165, 1.54) is 5.57 Å². The van der Waals surface area contributed by atoms with Gasteiger partial charge in [-0.3, -0.25) is 9.69 Å². The summed E-state index contributed by atoms with van der Waals surface area (Å²) in [5.74, 6) is -0.0782. The van der Waals surface area contributed by atoms with Crippen molar-refractivity contribution in [3.8, 4) is 0 Å². The summed E-state index contributed by atoms with van der Waals surface area (Å²) in [5.41, 5.74) is 2.79. The molecule has 1 saturated heterocycles. The van der Waals surface area contributed by atoms with E-state index in [1.54, 1.807) is 19.0 Å². The monoisotopic (exact) mass is 459 g/mol. The number of hydrogen-bond acceptors (Lipinski definition) is 4. The molecule has 32 heavy (non-hydrogen) atoms. The second kappa shape index (κ2) is 8.38. The van der Waals surface area contributed by atoms with Gasteiger partial charge in [-0.2, -0.15) is 0 Å². The highest BCUT2D eigenvalue weighted by atomic mass is 35.5. The molecule has 1 saturated carbocycles. The van der Waals surface area contributed by atoms with Gasteiger partial charge in [0.15, 0.2) is 0 Å². The first-order chi connectivity index (χ1) is 15.0. The first-order valence-electron chi connectivity index (χ1n) is 11.4. The molecule has 0 radical (unpaired) electrons. The average molecular weight is 460 g/mol. The third kappa shape index (κ3) is 4.67. The van der Waals surface area contributed by atoms with Crippen molar-refractivity contribution in [2.45, 2.75) is 51.7 Å². The highest BCUT2D eigenvalue weighted by Gasteiger charge is 2.55. The van der Waals surface area contributed by atoms with Crippen LogP contribution in [0.2, 0.25) is 5.02 Å². The van der Waals surface area contributed by atoms with Gasteiger partial charge in [0.25, 0.3) is 5.91 Å². The van der Waals surface area contributed by atoms with Crippen molar-refractivity contribution in [3.05, 3.63) is 40.4 Å². The molecule has 0 unspecified atom stereocenters. The Morgan fingerprint density at radius 3 is 2.41 bits per heavy atom. The van der Waals surface area contributed by atoms with E-state index in [9.17, 15) is 9.59 Å². The topological polar surface area (TPSA) is 53.1 Å². The van der Waals surface area contributed by atoms with E-state index in [-0.39, 0.29) is 12.0 Å². The van der Waals surface area contributed by atoms with Gasteiger partial charge in [0.05, 0.1) is 10.6 Å². The zero-order valence-corrected chi connectivity index (χ0v) is 20.5. The van der Waals surface area contributed by atoms with Gasteiger partial charge < -0.3 is 14.5 Å². The van der Waals surface area contributed by atoms with Gasteiger partial charge in [0, 0.05) is 51.7 Å². The zero-order valence-electron chi connectivity index (χ0n) is 19.8. The van der Waals surface area contributed by atoms with Crippen LogP contribution in [0.3, 0.4) is 0 Å². The van der Waals surface area contributed by atoms with Gasteiger partial charge in [-0.25, -0.2) is 4.79 Å². The summed E-state index contributed by atoms with van der Waals surface area (Å²) in [6.45, 7) is 9.32. The minimum atomic E-state index is -0.438. The van der Waals surface area contributed by atoms with Gasteiger partial charge in [-0.05, 0) is 63.3 Å². The summed E-state index contributed by atoms with van der Waals surface area (Å²) in [4.78, 5) is 30.3. The predicted molar refractivity (Wildman–Crippen MR) is 127 cm³/mol. The Morgan fingerprint density at radius 1 is 1.19 bits per heavy atom. The van der Waals surface area contributed by atoms with Crippen LogP contribution in [0.25, 0.3) is 5.57 Å². The number of likely N-dealkylation sites (tertiary alicyclic amines) is 1. The molecule has 1 aromatic carbocycles. The lowest BCUT2D eigenvalue weighted by Crippen LogP contribution is -2.68. The molecule has 2 aliphatic heterocycles. The fourth-order valence-corrected chi connectivity index (χ4v) is 5.34. The standard InChI is InChI=1S/C25H34ClN3O3/c1-24(2,3)32-23(31)29-15-25(16-29)13-19(14-25)28-10-8-17(9-11-28)18-6-7-20(21(26)12-18)22(30)27(4)5/h6-8,12,19H,9-11,13-16H2,1-5H3. The molecule has 3 aliphatic rings. The predicted octanol–water partition coefficient (Wildman–Crippen LogP) is 4.53. The number of hydrogen-bond donors (Lipinski definition) is 0. The zero-order chi connectivity index (χ0) is 23.3. The third-order valence-electron chi connectivity index (χ3n) is 6.77. The van der Waals surface area contributed by atoms with Gasteiger partial charge >= 0.3 is 6.09 Å². The number of rotatable bonds is 3. The molecular weight excluding hydrogens is 426 g/mol. The van der Waals surface area contributed by atoms with Gasteiger partial charge in [0.1, 0.15) is 5.60 Å². The molecule has 4 rings (SSSR count). The Balaban J connectivity index is 1.28. The van der Waals surface area contributed by atoms with E-state index >= 15 is 0 Å². The van der Waals surface area contributed by atoms with Crippen LogP contribution in [0.1, 0.15) is 56.0 Å². The molecule has 174 valence electrons. The van der Waals surface area contributed by atoms with Crippen LogP contribution in [0, 0.1) is 5.41 Å². The number of carbonyl (C=O) groups is 2. The van der Waals surface area contributed by atoms with Crippen molar-refractivity contribution < 1.29 is 14.3 Å². The van der Waals surface area contributed by atoms with Crippen LogP contribution in [0.5, 0.6) is 0 Å². The number of halogens is 1. The van der Waals surface area contributed by atoms with Crippen LogP contribution in [0.15, 0.2) is 24.3 Å². The van der Waals surface area contributed by atoms with Crippen molar-refractivity contribution in [3.63, 3.8) is 0 Å². The maximum Gasteiger partial charge on any atom is 0.410 e. The molecule has 7 heteroatoms. The van der Waals surface area contributed by atoms with Gasteiger partial charge in [-0.1, -0.05) is 23.7 Å². The summed E-state index contributed by atoms with van der Waals surface area (Å²) in [6, 6.07) is 6.34. The fraction of sp³-hybridized carbons (Fsp3) is 0.600. The lowest BCUT2D eigenvalue weighted by atomic mass is 9.60. The Hall–Kier alpha value is -2.05. The highest BCUT2D eigenvalue weighted by Crippen LogP contribution is 2.51. The third-order valence-corrected chi connectivity index (χ3v) is 7.09. The van der Waals surface area contributed by atoms with E-state index in [1.807, 2.05) is 43.9 Å². The van der Waals surface area contributed by atoms with Crippen molar-refractivity contribution in [1.29, 1.82) is 0 Å². The van der Waals surface area contributed by atoms with Crippen molar-refractivity contribution in [2.75, 3.05) is 40.3 Å². The normalized spacial score (nSPS) is 20.9. The molecule has 0 bridgehead atoms. The molecule has 0 aromatic heterocycles. The first-order valence-corrected chi connectivity index (χ1v) is 11.8. The molecule has 1 aromatic rings. The van der Waals surface area contributed by atoms with E-state index in [2.05, 4.69) is 11.0 Å². The quantitative estimate of drug-likeness (QED) is 0.666.